The molecule has 13 heteroatoms. The third kappa shape index (κ3) is 7.38. The highest BCUT2D eigenvalue weighted by atomic mass is 32.1. The fourth-order valence-electron chi connectivity index (χ4n) is 5.16. The van der Waals surface area contributed by atoms with E-state index in [4.69, 9.17) is 4.74 Å². The number of hydrogen-bond acceptors (Lipinski definition) is 8. The van der Waals surface area contributed by atoms with Crippen LogP contribution in [0.4, 0.5) is 28.7 Å². The first-order chi connectivity index (χ1) is 18.2. The second kappa shape index (κ2) is 11.3. The van der Waals surface area contributed by atoms with Crippen LogP contribution >= 0.6 is 11.3 Å². The number of benzene rings is 1. The molecule has 1 amide bonds. The molecule has 2 aliphatic rings. The standard InChI is InChI=1S/C26H33F3N4O5S/c1-25(2,3)38-24(35)30-18-6-4-16(5-7-18)15-31-8-10-32(11-9-31)22-14-21(34)19-12-17(26(27,28)29)13-20(33(36)37)23(19)39-22/h12-14,16,18H,4-11,15H2,1-3H3,(H,30,35). The van der Waals surface area contributed by atoms with Gasteiger partial charge in [0.1, 0.15) is 10.3 Å². The maximum Gasteiger partial charge on any atom is 0.416 e. The van der Waals surface area contributed by atoms with Crippen molar-refractivity contribution < 1.29 is 27.6 Å². The number of hydrogen-bond donors (Lipinski definition) is 1. The zero-order valence-electron chi connectivity index (χ0n) is 22.2. The summed E-state index contributed by atoms with van der Waals surface area (Å²) < 4.78 is 45.0. The number of halogens is 3. The van der Waals surface area contributed by atoms with Gasteiger partial charge in [-0.3, -0.25) is 19.8 Å². The van der Waals surface area contributed by atoms with E-state index in [2.05, 4.69) is 10.2 Å². The molecule has 1 aliphatic heterocycles. The molecule has 1 N–H and O–H groups in total. The Morgan fingerprint density at radius 3 is 2.31 bits per heavy atom. The number of ether oxygens (including phenoxy) is 1. The maximum atomic E-state index is 13.2. The van der Waals surface area contributed by atoms with E-state index in [1.54, 1.807) is 0 Å². The van der Waals surface area contributed by atoms with Gasteiger partial charge in [-0.1, -0.05) is 0 Å². The summed E-state index contributed by atoms with van der Waals surface area (Å²) in [5.74, 6) is 0.510. The number of nitro benzene ring substituents is 1. The summed E-state index contributed by atoms with van der Waals surface area (Å²) in [4.78, 5) is 39.8. The number of carbonyl (C=O) groups excluding carboxylic acids is 1. The first kappa shape index (κ1) is 29.1. The third-order valence-corrected chi connectivity index (χ3v) is 8.31. The van der Waals surface area contributed by atoms with Gasteiger partial charge < -0.3 is 15.0 Å². The topological polar surface area (TPSA) is 105 Å². The quantitative estimate of drug-likeness (QED) is 0.379. The van der Waals surface area contributed by atoms with Gasteiger partial charge in [-0.2, -0.15) is 13.2 Å². The zero-order valence-corrected chi connectivity index (χ0v) is 23.0. The number of alkyl halides is 3. The molecule has 0 radical (unpaired) electrons. The van der Waals surface area contributed by atoms with Crippen molar-refractivity contribution in [2.75, 3.05) is 37.6 Å². The summed E-state index contributed by atoms with van der Waals surface area (Å²) in [6, 6.07) is 2.59. The Balaban J connectivity index is 1.35. The molecule has 0 atom stereocenters. The number of rotatable bonds is 5. The highest BCUT2D eigenvalue weighted by Gasteiger charge is 2.34. The molecule has 1 aromatic carbocycles. The van der Waals surface area contributed by atoms with Crippen LogP contribution in [0.2, 0.25) is 0 Å². The number of amides is 1. The molecule has 4 rings (SSSR count). The molecule has 0 spiro atoms. The fraction of sp³-hybridized carbons (Fsp3) is 0.615. The van der Waals surface area contributed by atoms with Gasteiger partial charge in [0.05, 0.1) is 15.5 Å². The van der Waals surface area contributed by atoms with E-state index in [1.807, 2.05) is 25.7 Å². The molecule has 0 bridgehead atoms. The fourth-order valence-corrected chi connectivity index (χ4v) is 6.36. The molecular formula is C26H33F3N4O5S. The smallest absolute Gasteiger partial charge is 0.416 e. The van der Waals surface area contributed by atoms with Crippen molar-refractivity contribution in [2.24, 2.45) is 5.92 Å². The van der Waals surface area contributed by atoms with Gasteiger partial charge in [0.25, 0.3) is 5.69 Å². The average Bonchev–Trinajstić information content (AvgIpc) is 2.83. The number of nitrogens with one attached hydrogen (secondary N) is 1. The molecule has 214 valence electrons. The van der Waals surface area contributed by atoms with Gasteiger partial charge in [-0.25, -0.2) is 4.79 Å². The number of anilines is 1. The molecule has 2 aromatic rings. The summed E-state index contributed by atoms with van der Waals surface area (Å²) in [7, 11) is 0. The Hall–Kier alpha value is -2.93. The predicted octanol–water partition coefficient (Wildman–Crippen LogP) is 5.39. The van der Waals surface area contributed by atoms with Crippen molar-refractivity contribution in [1.29, 1.82) is 0 Å². The van der Waals surface area contributed by atoms with E-state index in [9.17, 15) is 32.9 Å². The molecular weight excluding hydrogens is 537 g/mol. The first-order valence-corrected chi connectivity index (χ1v) is 13.8. The largest absolute Gasteiger partial charge is 0.444 e. The number of non-ortho nitro benzene ring substituents is 1. The lowest BCUT2D eigenvalue weighted by Gasteiger charge is -2.38. The maximum absolute atomic E-state index is 13.2. The Morgan fingerprint density at radius 1 is 1.10 bits per heavy atom. The van der Waals surface area contributed by atoms with Gasteiger partial charge >= 0.3 is 12.3 Å². The van der Waals surface area contributed by atoms with Gasteiger partial charge in [0.2, 0.25) is 0 Å². The SMILES string of the molecule is CC(C)(C)OC(=O)NC1CCC(CN2CCN(c3cc(=O)c4cc(C(F)(F)F)cc([N+](=O)[O-])c4s3)CC2)CC1. The van der Waals surface area contributed by atoms with E-state index in [0.717, 1.165) is 56.7 Å². The second-order valence-electron chi connectivity index (χ2n) is 11.2. The van der Waals surface area contributed by atoms with Crippen molar-refractivity contribution in [3.8, 4) is 0 Å². The highest BCUT2D eigenvalue weighted by molar-refractivity contribution is 7.22. The molecule has 1 aliphatic carbocycles. The van der Waals surface area contributed by atoms with Gasteiger partial charge in [-0.05, 0) is 58.4 Å². The number of fused-ring (bicyclic) bond motifs is 1. The molecule has 2 heterocycles. The summed E-state index contributed by atoms with van der Waals surface area (Å²) in [6.45, 7) is 9.11. The first-order valence-electron chi connectivity index (χ1n) is 13.0. The summed E-state index contributed by atoms with van der Waals surface area (Å²) in [5.41, 5.74) is -3.11. The van der Waals surface area contributed by atoms with E-state index < -0.39 is 33.4 Å². The number of piperazine rings is 1. The average molecular weight is 571 g/mol. The molecule has 2 fully saturated rings. The number of nitro groups is 1. The van der Waals surface area contributed by atoms with Crippen LogP contribution in [0.25, 0.3) is 10.1 Å². The van der Waals surface area contributed by atoms with Crippen molar-refractivity contribution >= 4 is 38.2 Å². The van der Waals surface area contributed by atoms with Crippen molar-refractivity contribution in [2.45, 2.75) is 64.3 Å². The van der Waals surface area contributed by atoms with Gasteiger partial charge in [0, 0.05) is 56.3 Å². The lowest BCUT2D eigenvalue weighted by atomic mass is 9.85. The number of carbonyl (C=O) groups is 1. The van der Waals surface area contributed by atoms with Crippen LogP contribution in [0, 0.1) is 16.0 Å². The van der Waals surface area contributed by atoms with Crippen molar-refractivity contribution in [1.82, 2.24) is 10.2 Å². The van der Waals surface area contributed by atoms with E-state index in [-0.39, 0.29) is 22.2 Å². The minimum Gasteiger partial charge on any atom is -0.444 e. The summed E-state index contributed by atoms with van der Waals surface area (Å²) in [5, 5.41) is 14.7. The van der Waals surface area contributed by atoms with Crippen LogP contribution in [0.3, 0.4) is 0 Å². The second-order valence-corrected chi connectivity index (χ2v) is 12.3. The predicted molar refractivity (Wildman–Crippen MR) is 144 cm³/mol. The Kier molecular flexibility index (Phi) is 8.41. The molecule has 39 heavy (non-hydrogen) atoms. The van der Waals surface area contributed by atoms with Crippen LogP contribution in [0.1, 0.15) is 52.0 Å². The molecule has 1 aromatic heterocycles. The third-order valence-electron chi connectivity index (χ3n) is 7.09. The molecule has 0 unspecified atom stereocenters. The lowest BCUT2D eigenvalue weighted by Crippen LogP contribution is -2.48. The minimum atomic E-state index is -4.79. The Morgan fingerprint density at radius 2 is 1.74 bits per heavy atom. The molecule has 1 saturated heterocycles. The van der Waals surface area contributed by atoms with Crippen LogP contribution in [-0.2, 0) is 10.9 Å². The zero-order chi connectivity index (χ0) is 28.5. The van der Waals surface area contributed by atoms with E-state index >= 15 is 0 Å². The van der Waals surface area contributed by atoms with E-state index in [1.165, 1.54) is 6.07 Å². The molecule has 9 nitrogen and oxygen atoms in total. The lowest BCUT2D eigenvalue weighted by molar-refractivity contribution is -0.383. The van der Waals surface area contributed by atoms with Crippen molar-refractivity contribution in [3.05, 3.63) is 44.1 Å². The monoisotopic (exact) mass is 570 g/mol. The summed E-state index contributed by atoms with van der Waals surface area (Å²) in [6.07, 6.45) is -1.40. The minimum absolute atomic E-state index is 0.0466. The van der Waals surface area contributed by atoms with Crippen LogP contribution in [0.5, 0.6) is 0 Å². The number of nitrogens with zero attached hydrogens (tertiary/aromatic N) is 3. The van der Waals surface area contributed by atoms with Gasteiger partial charge in [0.15, 0.2) is 5.43 Å². The normalized spacial score (nSPS) is 21.1. The Labute approximate surface area is 228 Å². The molecule has 1 saturated carbocycles. The van der Waals surface area contributed by atoms with Crippen LogP contribution in [0.15, 0.2) is 23.0 Å². The summed E-state index contributed by atoms with van der Waals surface area (Å²) >= 11 is 0.981. The van der Waals surface area contributed by atoms with Crippen molar-refractivity contribution in [3.63, 3.8) is 0 Å². The van der Waals surface area contributed by atoms with Crippen LogP contribution < -0.4 is 15.6 Å². The van der Waals surface area contributed by atoms with Crippen LogP contribution in [-0.4, -0.2) is 60.3 Å². The Bertz CT molecular complexity index is 1280. The van der Waals surface area contributed by atoms with E-state index in [0.29, 0.717) is 36.1 Å². The van der Waals surface area contributed by atoms with Gasteiger partial charge in [-0.15, -0.1) is 11.3 Å². The number of alkyl carbamates (subject to hydrolysis) is 1. The highest BCUT2D eigenvalue weighted by Crippen LogP contribution is 2.39.